The smallest absolute Gasteiger partial charge is 0.200 e. The molecule has 1 aromatic carbocycles. The van der Waals surface area contributed by atoms with Crippen LogP contribution in [-0.4, -0.2) is 5.92 Å². The fourth-order valence-electron chi connectivity index (χ4n) is 1.20. The third-order valence-electron chi connectivity index (χ3n) is 2.28. The Kier molecular flexibility index (Phi) is 3.07. The molecule has 0 amide bonds. The van der Waals surface area contributed by atoms with Gasteiger partial charge < -0.3 is 0 Å². The van der Waals surface area contributed by atoms with Gasteiger partial charge in [-0.15, -0.1) is 0 Å². The standard InChI is InChI=1S/C11H12F4/c1-3-8-4-6-9(7-5-8)11(14,15)10(2,12)13/h4-7H,3H2,1-2H3. The van der Waals surface area contributed by atoms with Crippen LogP contribution in [0.15, 0.2) is 24.3 Å². The molecule has 0 unspecified atom stereocenters. The quantitative estimate of drug-likeness (QED) is 0.675. The molecule has 0 aromatic heterocycles. The third kappa shape index (κ3) is 2.30. The second-order valence-electron chi connectivity index (χ2n) is 3.51. The van der Waals surface area contributed by atoms with Gasteiger partial charge in [0.05, 0.1) is 0 Å². The van der Waals surface area contributed by atoms with E-state index in [-0.39, 0.29) is 6.92 Å². The summed E-state index contributed by atoms with van der Waals surface area (Å²) in [6.07, 6.45) is 0.689. The van der Waals surface area contributed by atoms with Crippen molar-refractivity contribution in [3.63, 3.8) is 0 Å². The lowest BCUT2D eigenvalue weighted by Gasteiger charge is -2.23. The highest BCUT2D eigenvalue weighted by Crippen LogP contribution is 2.42. The van der Waals surface area contributed by atoms with Gasteiger partial charge in [0.25, 0.3) is 0 Å². The average Bonchev–Trinajstić information content (AvgIpc) is 2.16. The van der Waals surface area contributed by atoms with Gasteiger partial charge in [0, 0.05) is 12.5 Å². The Labute approximate surface area is 85.9 Å². The summed E-state index contributed by atoms with van der Waals surface area (Å²) >= 11 is 0. The van der Waals surface area contributed by atoms with Crippen LogP contribution in [0, 0.1) is 0 Å². The highest BCUT2D eigenvalue weighted by atomic mass is 19.3. The maximum atomic E-state index is 13.1. The fourth-order valence-corrected chi connectivity index (χ4v) is 1.20. The molecule has 1 rings (SSSR count). The Balaban J connectivity index is 3.06. The molecule has 0 radical (unpaired) electrons. The van der Waals surface area contributed by atoms with Gasteiger partial charge in [0.2, 0.25) is 0 Å². The highest BCUT2D eigenvalue weighted by Gasteiger charge is 2.53. The largest absolute Gasteiger partial charge is 0.335 e. The van der Waals surface area contributed by atoms with Crippen LogP contribution in [0.1, 0.15) is 25.0 Å². The third-order valence-corrected chi connectivity index (χ3v) is 2.28. The van der Waals surface area contributed by atoms with Crippen molar-refractivity contribution >= 4 is 0 Å². The van der Waals surface area contributed by atoms with Crippen LogP contribution in [0.2, 0.25) is 0 Å². The molecule has 0 aliphatic rings. The van der Waals surface area contributed by atoms with Crippen LogP contribution in [0.4, 0.5) is 17.6 Å². The summed E-state index contributed by atoms with van der Waals surface area (Å²) < 4.78 is 51.5. The van der Waals surface area contributed by atoms with Gasteiger partial charge in [-0.05, 0) is 12.0 Å². The van der Waals surface area contributed by atoms with Gasteiger partial charge in [-0.1, -0.05) is 31.2 Å². The average molecular weight is 220 g/mol. The zero-order valence-electron chi connectivity index (χ0n) is 8.53. The lowest BCUT2D eigenvalue weighted by molar-refractivity contribution is -0.204. The molecular weight excluding hydrogens is 208 g/mol. The fraction of sp³-hybridized carbons (Fsp3) is 0.455. The second-order valence-corrected chi connectivity index (χ2v) is 3.51. The Morgan fingerprint density at radius 2 is 1.47 bits per heavy atom. The molecule has 1 aromatic rings. The summed E-state index contributed by atoms with van der Waals surface area (Å²) in [5, 5.41) is 0. The molecule has 0 bridgehead atoms. The van der Waals surface area contributed by atoms with Crippen molar-refractivity contribution in [3.05, 3.63) is 35.4 Å². The first kappa shape index (κ1) is 12.0. The predicted octanol–water partition coefficient (Wildman–Crippen LogP) is 4.00. The molecule has 15 heavy (non-hydrogen) atoms. The van der Waals surface area contributed by atoms with E-state index >= 15 is 0 Å². The molecule has 0 saturated carbocycles. The number of benzene rings is 1. The summed E-state index contributed by atoms with van der Waals surface area (Å²) in [6, 6.07) is 4.98. The SMILES string of the molecule is CCc1ccc(C(F)(F)C(C)(F)F)cc1. The van der Waals surface area contributed by atoms with Crippen molar-refractivity contribution in [2.45, 2.75) is 32.1 Å². The van der Waals surface area contributed by atoms with E-state index in [2.05, 4.69) is 0 Å². The second kappa shape index (κ2) is 3.83. The van der Waals surface area contributed by atoms with Crippen molar-refractivity contribution < 1.29 is 17.6 Å². The van der Waals surface area contributed by atoms with Gasteiger partial charge in [-0.3, -0.25) is 0 Å². The van der Waals surface area contributed by atoms with E-state index in [1.165, 1.54) is 12.1 Å². The van der Waals surface area contributed by atoms with E-state index < -0.39 is 17.4 Å². The molecule has 84 valence electrons. The van der Waals surface area contributed by atoms with Crippen LogP contribution < -0.4 is 0 Å². The first-order chi connectivity index (χ1) is 6.79. The van der Waals surface area contributed by atoms with Gasteiger partial charge in [0.1, 0.15) is 0 Å². The normalized spacial score (nSPS) is 12.9. The minimum atomic E-state index is -4.11. The van der Waals surface area contributed by atoms with Gasteiger partial charge in [0.15, 0.2) is 0 Å². The monoisotopic (exact) mass is 220 g/mol. The first-order valence-corrected chi connectivity index (χ1v) is 4.64. The molecule has 0 saturated heterocycles. The van der Waals surface area contributed by atoms with E-state index in [1.54, 1.807) is 0 Å². The molecule has 0 N–H and O–H groups in total. The zero-order valence-corrected chi connectivity index (χ0v) is 8.53. The summed E-state index contributed by atoms with van der Waals surface area (Å²) in [6.45, 7) is 2.09. The maximum Gasteiger partial charge on any atom is 0.335 e. The van der Waals surface area contributed by atoms with Crippen LogP contribution in [0.3, 0.4) is 0 Å². The summed E-state index contributed by atoms with van der Waals surface area (Å²) in [5.74, 6) is -8.15. The number of rotatable bonds is 3. The van der Waals surface area contributed by atoms with Crippen molar-refractivity contribution in [1.82, 2.24) is 0 Å². The Morgan fingerprint density at radius 1 is 1.00 bits per heavy atom. The number of hydrogen-bond acceptors (Lipinski definition) is 0. The van der Waals surface area contributed by atoms with Crippen LogP contribution in [0.5, 0.6) is 0 Å². The molecule has 0 nitrogen and oxygen atoms in total. The minimum Gasteiger partial charge on any atom is -0.200 e. The molecule has 4 heteroatoms. The van der Waals surface area contributed by atoms with Crippen LogP contribution in [-0.2, 0) is 12.3 Å². The summed E-state index contributed by atoms with van der Waals surface area (Å²) in [4.78, 5) is 0. The summed E-state index contributed by atoms with van der Waals surface area (Å²) in [5.41, 5.74) is 0.196. The van der Waals surface area contributed by atoms with E-state index in [0.717, 1.165) is 17.7 Å². The molecule has 0 heterocycles. The molecule has 0 spiro atoms. The Hall–Kier alpha value is -1.06. The molecule has 0 aliphatic carbocycles. The molecular formula is C11H12F4. The van der Waals surface area contributed by atoms with Crippen molar-refractivity contribution in [3.8, 4) is 0 Å². The van der Waals surface area contributed by atoms with Gasteiger partial charge in [-0.25, -0.2) is 0 Å². The molecule has 0 fully saturated rings. The van der Waals surface area contributed by atoms with E-state index in [0.29, 0.717) is 6.42 Å². The highest BCUT2D eigenvalue weighted by molar-refractivity contribution is 5.27. The first-order valence-electron chi connectivity index (χ1n) is 4.64. The number of hydrogen-bond donors (Lipinski definition) is 0. The van der Waals surface area contributed by atoms with E-state index in [1.807, 2.05) is 6.92 Å². The van der Waals surface area contributed by atoms with Gasteiger partial charge in [-0.2, -0.15) is 17.6 Å². The van der Waals surface area contributed by atoms with Crippen molar-refractivity contribution in [2.75, 3.05) is 0 Å². The van der Waals surface area contributed by atoms with Gasteiger partial charge >= 0.3 is 11.8 Å². The number of halogens is 4. The lowest BCUT2D eigenvalue weighted by Crippen LogP contribution is -2.34. The molecule has 0 aliphatic heterocycles. The zero-order chi connectivity index (χ0) is 11.7. The minimum absolute atomic E-state index is 0.223. The summed E-state index contributed by atoms with van der Waals surface area (Å²) in [7, 11) is 0. The van der Waals surface area contributed by atoms with Crippen LogP contribution in [0.25, 0.3) is 0 Å². The van der Waals surface area contributed by atoms with Crippen molar-refractivity contribution in [1.29, 1.82) is 0 Å². The Morgan fingerprint density at radius 3 is 1.80 bits per heavy atom. The van der Waals surface area contributed by atoms with E-state index in [4.69, 9.17) is 0 Å². The Bertz CT molecular complexity index is 321. The number of alkyl halides is 4. The van der Waals surface area contributed by atoms with Crippen LogP contribution >= 0.6 is 0 Å². The molecule has 0 atom stereocenters. The predicted molar refractivity (Wildman–Crippen MR) is 50.3 cm³/mol. The van der Waals surface area contributed by atoms with E-state index in [9.17, 15) is 17.6 Å². The maximum absolute atomic E-state index is 13.1. The topological polar surface area (TPSA) is 0 Å². The lowest BCUT2D eigenvalue weighted by atomic mass is 10.0. The van der Waals surface area contributed by atoms with Crippen molar-refractivity contribution in [2.24, 2.45) is 0 Å². The number of aryl methyl sites for hydroxylation is 1.